The van der Waals surface area contributed by atoms with E-state index >= 15 is 0 Å². The summed E-state index contributed by atoms with van der Waals surface area (Å²) < 4.78 is 14.6. The maximum absolute atomic E-state index is 14.0. The van der Waals surface area contributed by atoms with Gasteiger partial charge in [-0.05, 0) is 30.0 Å². The van der Waals surface area contributed by atoms with Crippen LogP contribution in [0.1, 0.15) is 5.56 Å². The summed E-state index contributed by atoms with van der Waals surface area (Å²) in [4.78, 5) is 8.56. The van der Waals surface area contributed by atoms with Crippen molar-refractivity contribution in [2.45, 2.75) is 6.92 Å². The third-order valence-corrected chi connectivity index (χ3v) is 4.38. The molecular formula is C13H7BrClFN2S. The molecule has 0 fully saturated rings. The first-order chi connectivity index (χ1) is 9.06. The van der Waals surface area contributed by atoms with Gasteiger partial charge in [0.1, 0.15) is 10.7 Å². The second-order valence-corrected chi connectivity index (χ2v) is 6.11. The molecule has 6 heteroatoms. The lowest BCUT2D eigenvalue weighted by molar-refractivity contribution is 0.636. The van der Waals surface area contributed by atoms with E-state index in [0.29, 0.717) is 15.7 Å². The van der Waals surface area contributed by atoms with E-state index in [4.69, 9.17) is 11.6 Å². The van der Waals surface area contributed by atoms with Crippen LogP contribution in [0.3, 0.4) is 0 Å². The van der Waals surface area contributed by atoms with Crippen LogP contribution >= 0.6 is 38.9 Å². The molecule has 0 amide bonds. The largest absolute Gasteiger partial charge is 0.225 e. The van der Waals surface area contributed by atoms with E-state index in [1.165, 1.54) is 6.07 Å². The van der Waals surface area contributed by atoms with Gasteiger partial charge in [-0.25, -0.2) is 14.4 Å². The van der Waals surface area contributed by atoms with Crippen molar-refractivity contribution in [1.82, 2.24) is 9.97 Å². The second kappa shape index (κ2) is 4.81. The summed E-state index contributed by atoms with van der Waals surface area (Å²) in [6.45, 7) is 1.96. The van der Waals surface area contributed by atoms with Gasteiger partial charge in [-0.1, -0.05) is 27.5 Å². The van der Waals surface area contributed by atoms with Crippen LogP contribution in [0.4, 0.5) is 4.39 Å². The molecule has 3 aromatic rings. The third kappa shape index (κ3) is 2.26. The van der Waals surface area contributed by atoms with Crippen LogP contribution in [0.2, 0.25) is 5.15 Å². The van der Waals surface area contributed by atoms with E-state index in [1.54, 1.807) is 17.4 Å². The van der Waals surface area contributed by atoms with Crippen LogP contribution in [0, 0.1) is 12.7 Å². The molecular weight excluding hydrogens is 351 g/mol. The van der Waals surface area contributed by atoms with Crippen molar-refractivity contribution < 1.29 is 4.39 Å². The Balaban J connectivity index is 2.34. The van der Waals surface area contributed by atoms with Crippen molar-refractivity contribution >= 4 is 49.8 Å². The van der Waals surface area contributed by atoms with E-state index in [0.717, 1.165) is 11.1 Å². The summed E-state index contributed by atoms with van der Waals surface area (Å²) in [6.07, 6.45) is 0. The van der Waals surface area contributed by atoms with Crippen molar-refractivity contribution in [3.8, 4) is 11.4 Å². The van der Waals surface area contributed by atoms with Gasteiger partial charge in [0.05, 0.1) is 0 Å². The number of hydrogen-bond donors (Lipinski definition) is 0. The Morgan fingerprint density at radius 2 is 2.05 bits per heavy atom. The summed E-state index contributed by atoms with van der Waals surface area (Å²) >= 11 is 10.9. The predicted octanol–water partition coefficient (Wildman–Crippen LogP) is 5.22. The lowest BCUT2D eigenvalue weighted by atomic mass is 10.2. The van der Waals surface area contributed by atoms with Gasteiger partial charge in [0.25, 0.3) is 0 Å². The Hall–Kier alpha value is -1.04. The van der Waals surface area contributed by atoms with Crippen molar-refractivity contribution in [2.75, 3.05) is 0 Å². The fourth-order valence-electron chi connectivity index (χ4n) is 1.83. The average Bonchev–Trinajstić information content (AvgIpc) is 2.76. The Kier molecular flexibility index (Phi) is 3.28. The summed E-state index contributed by atoms with van der Waals surface area (Å²) in [5, 5.41) is 4.69. The van der Waals surface area contributed by atoms with Gasteiger partial charge in [0.2, 0.25) is 0 Å². The summed E-state index contributed by atoms with van der Waals surface area (Å²) in [6, 6.07) is 3.08. The van der Waals surface area contributed by atoms with Crippen LogP contribution in [-0.4, -0.2) is 9.97 Å². The molecule has 0 saturated heterocycles. The molecule has 3 rings (SSSR count). The molecule has 0 N–H and O–H groups in total. The van der Waals surface area contributed by atoms with E-state index in [1.807, 2.05) is 17.7 Å². The number of halogens is 3. The number of aromatic nitrogens is 2. The van der Waals surface area contributed by atoms with Crippen LogP contribution in [-0.2, 0) is 0 Å². The minimum Gasteiger partial charge on any atom is -0.225 e. The third-order valence-electron chi connectivity index (χ3n) is 2.77. The minimum atomic E-state index is -0.414. The van der Waals surface area contributed by atoms with Gasteiger partial charge in [-0.2, -0.15) is 11.3 Å². The van der Waals surface area contributed by atoms with Gasteiger partial charge in [-0.15, -0.1) is 0 Å². The molecule has 0 bridgehead atoms. The van der Waals surface area contributed by atoms with Gasteiger partial charge < -0.3 is 0 Å². The molecule has 0 aliphatic rings. The van der Waals surface area contributed by atoms with Gasteiger partial charge in [0, 0.05) is 20.8 Å². The normalized spacial score (nSPS) is 11.2. The quantitative estimate of drug-likeness (QED) is 0.558. The first-order valence-corrected chi connectivity index (χ1v) is 7.53. The number of hydrogen-bond acceptors (Lipinski definition) is 3. The topological polar surface area (TPSA) is 25.8 Å². The van der Waals surface area contributed by atoms with E-state index in [-0.39, 0.29) is 10.7 Å². The number of rotatable bonds is 1. The zero-order valence-corrected chi connectivity index (χ0v) is 12.9. The molecule has 2 aromatic heterocycles. The smallest absolute Gasteiger partial charge is 0.162 e. The van der Waals surface area contributed by atoms with Crippen molar-refractivity contribution in [3.05, 3.63) is 43.9 Å². The van der Waals surface area contributed by atoms with Crippen LogP contribution < -0.4 is 0 Å². The molecule has 0 spiro atoms. The maximum atomic E-state index is 14.0. The van der Waals surface area contributed by atoms with E-state index < -0.39 is 5.82 Å². The highest BCUT2D eigenvalue weighted by atomic mass is 79.9. The maximum Gasteiger partial charge on any atom is 0.162 e. The van der Waals surface area contributed by atoms with Crippen LogP contribution in [0.15, 0.2) is 27.4 Å². The molecule has 0 aliphatic carbocycles. The van der Waals surface area contributed by atoms with Crippen molar-refractivity contribution in [3.63, 3.8) is 0 Å². The highest BCUT2D eigenvalue weighted by Gasteiger charge is 2.14. The number of fused-ring (bicyclic) bond motifs is 1. The van der Waals surface area contributed by atoms with Crippen molar-refractivity contribution in [2.24, 2.45) is 0 Å². The fraction of sp³-hybridized carbons (Fsp3) is 0.0769. The Labute approximate surface area is 126 Å². The molecule has 2 nitrogen and oxygen atoms in total. The summed E-state index contributed by atoms with van der Waals surface area (Å²) in [7, 11) is 0. The Morgan fingerprint density at radius 3 is 2.74 bits per heavy atom. The standard InChI is InChI=1S/C13H7BrClFN2S/c1-6-4-19-5-9(6)13-17-11-8(12(15)18-13)2-7(14)3-10(11)16/h2-5H,1H3. The summed E-state index contributed by atoms with van der Waals surface area (Å²) in [5.74, 6) is 0.0419. The zero-order chi connectivity index (χ0) is 13.6. The molecule has 2 heterocycles. The Bertz CT molecular complexity index is 788. The molecule has 96 valence electrons. The highest BCUT2D eigenvalue weighted by Crippen LogP contribution is 2.31. The van der Waals surface area contributed by atoms with Gasteiger partial charge in [0.15, 0.2) is 11.6 Å². The van der Waals surface area contributed by atoms with Gasteiger partial charge in [-0.3, -0.25) is 0 Å². The summed E-state index contributed by atoms with van der Waals surface area (Å²) in [5.41, 5.74) is 2.18. The lowest BCUT2D eigenvalue weighted by Crippen LogP contribution is -1.94. The monoisotopic (exact) mass is 356 g/mol. The number of benzene rings is 1. The second-order valence-electron chi connectivity index (χ2n) is 4.09. The molecule has 0 saturated carbocycles. The van der Waals surface area contributed by atoms with Crippen molar-refractivity contribution in [1.29, 1.82) is 0 Å². The van der Waals surface area contributed by atoms with Gasteiger partial charge >= 0.3 is 0 Å². The fourth-order valence-corrected chi connectivity index (χ4v) is 3.31. The first kappa shape index (κ1) is 13.0. The molecule has 0 unspecified atom stereocenters. The molecule has 0 aliphatic heterocycles. The Morgan fingerprint density at radius 1 is 1.26 bits per heavy atom. The SMILES string of the molecule is Cc1cscc1-c1nc(Cl)c2cc(Br)cc(F)c2n1. The molecule has 0 atom stereocenters. The lowest BCUT2D eigenvalue weighted by Gasteiger charge is -2.05. The molecule has 1 aromatic carbocycles. The highest BCUT2D eigenvalue weighted by molar-refractivity contribution is 9.10. The van der Waals surface area contributed by atoms with E-state index in [9.17, 15) is 4.39 Å². The molecule has 0 radical (unpaired) electrons. The number of aryl methyl sites for hydroxylation is 1. The number of thiophene rings is 1. The van der Waals surface area contributed by atoms with Crippen LogP contribution in [0.25, 0.3) is 22.3 Å². The predicted molar refractivity (Wildman–Crippen MR) is 80.3 cm³/mol. The molecule has 19 heavy (non-hydrogen) atoms. The minimum absolute atomic E-state index is 0.240. The van der Waals surface area contributed by atoms with E-state index in [2.05, 4.69) is 25.9 Å². The average molecular weight is 358 g/mol. The van der Waals surface area contributed by atoms with Crippen LogP contribution in [0.5, 0.6) is 0 Å². The first-order valence-electron chi connectivity index (χ1n) is 5.41. The zero-order valence-electron chi connectivity index (χ0n) is 9.75. The number of nitrogens with zero attached hydrogens (tertiary/aromatic N) is 2.